The largest absolute Gasteiger partial charge is 0.387 e. The summed E-state index contributed by atoms with van der Waals surface area (Å²) in [6.07, 6.45) is 0. The molecule has 0 aromatic heterocycles. The highest BCUT2D eigenvalue weighted by Gasteiger charge is 2.01. The zero-order chi connectivity index (χ0) is 10.6. The fraction of sp³-hybridized carbons (Fsp3) is 0.200. The maximum atomic E-state index is 10.9. The number of carbonyl (C=O) groups excluding carboxylic acids is 2. The van der Waals surface area contributed by atoms with Crippen LogP contribution >= 0.6 is 0 Å². The van der Waals surface area contributed by atoms with Crippen LogP contribution in [0.2, 0.25) is 0 Å². The molecule has 1 aromatic rings. The van der Waals surface area contributed by atoms with Crippen LogP contribution in [0.3, 0.4) is 0 Å². The van der Waals surface area contributed by atoms with Crippen LogP contribution < -0.4 is 5.32 Å². The molecule has 0 fully saturated rings. The zero-order valence-corrected chi connectivity index (χ0v) is 7.78. The van der Waals surface area contributed by atoms with Crippen LogP contribution in [0.15, 0.2) is 24.3 Å². The molecular formula is C10H11NO3. The van der Waals surface area contributed by atoms with E-state index < -0.39 is 12.5 Å². The van der Waals surface area contributed by atoms with Crippen LogP contribution in [0.4, 0.5) is 5.69 Å². The Morgan fingerprint density at radius 1 is 1.29 bits per heavy atom. The highest BCUT2D eigenvalue weighted by molar-refractivity contribution is 5.95. The minimum absolute atomic E-state index is 0.0231. The van der Waals surface area contributed by atoms with Gasteiger partial charge in [0.15, 0.2) is 5.78 Å². The monoisotopic (exact) mass is 193 g/mol. The predicted octanol–water partition coefficient (Wildman–Crippen LogP) is 0.820. The molecular weight excluding hydrogens is 182 g/mol. The fourth-order valence-corrected chi connectivity index (χ4v) is 0.989. The minimum Gasteiger partial charge on any atom is -0.387 e. The standard InChI is InChI=1S/C10H11NO3/c1-7(13)8-2-4-9(5-3-8)11-10(14)6-12/h2-5,12H,6H2,1H3,(H,11,14). The molecule has 1 amide bonds. The summed E-state index contributed by atoms with van der Waals surface area (Å²) in [6.45, 7) is 0.926. The number of hydrogen-bond acceptors (Lipinski definition) is 3. The Bertz CT molecular complexity index is 343. The lowest BCUT2D eigenvalue weighted by molar-refractivity contribution is -0.118. The van der Waals surface area contributed by atoms with Crippen LogP contribution in [-0.4, -0.2) is 23.4 Å². The average molecular weight is 193 g/mol. The van der Waals surface area contributed by atoms with E-state index in [-0.39, 0.29) is 5.78 Å². The number of anilines is 1. The van der Waals surface area contributed by atoms with E-state index >= 15 is 0 Å². The van der Waals surface area contributed by atoms with Crippen LogP contribution in [0, 0.1) is 0 Å². The van der Waals surface area contributed by atoms with Crippen molar-refractivity contribution in [3.05, 3.63) is 29.8 Å². The summed E-state index contributed by atoms with van der Waals surface area (Å²) in [7, 11) is 0. The lowest BCUT2D eigenvalue weighted by atomic mass is 10.1. The molecule has 0 bridgehead atoms. The van der Waals surface area contributed by atoms with Gasteiger partial charge in [-0.05, 0) is 31.2 Å². The molecule has 0 saturated heterocycles. The molecule has 0 saturated carbocycles. The molecule has 0 aliphatic carbocycles. The first-order chi connectivity index (χ1) is 6.63. The predicted molar refractivity (Wildman–Crippen MR) is 52.2 cm³/mol. The second kappa shape index (κ2) is 4.53. The summed E-state index contributed by atoms with van der Waals surface area (Å²) in [5, 5.41) is 10.9. The number of hydrogen-bond donors (Lipinski definition) is 2. The number of aliphatic hydroxyl groups is 1. The molecule has 1 rings (SSSR count). The van der Waals surface area contributed by atoms with Gasteiger partial charge in [-0.15, -0.1) is 0 Å². The van der Waals surface area contributed by atoms with Crippen molar-refractivity contribution in [2.24, 2.45) is 0 Å². The van der Waals surface area contributed by atoms with Crippen LogP contribution in [0.25, 0.3) is 0 Å². The number of rotatable bonds is 3. The fourth-order valence-electron chi connectivity index (χ4n) is 0.989. The number of aliphatic hydroxyl groups excluding tert-OH is 1. The van der Waals surface area contributed by atoms with Crippen LogP contribution in [-0.2, 0) is 4.79 Å². The van der Waals surface area contributed by atoms with Gasteiger partial charge in [-0.25, -0.2) is 0 Å². The molecule has 0 atom stereocenters. The Morgan fingerprint density at radius 3 is 2.29 bits per heavy atom. The summed E-state index contributed by atoms with van der Waals surface area (Å²) in [5.41, 5.74) is 1.15. The molecule has 0 aliphatic rings. The lowest BCUT2D eigenvalue weighted by Gasteiger charge is -2.03. The van der Waals surface area contributed by atoms with Crippen LogP contribution in [0.1, 0.15) is 17.3 Å². The van der Waals surface area contributed by atoms with Gasteiger partial charge >= 0.3 is 0 Å². The average Bonchev–Trinajstić information content (AvgIpc) is 2.18. The third-order valence-corrected chi connectivity index (χ3v) is 1.72. The molecule has 2 N–H and O–H groups in total. The van der Waals surface area contributed by atoms with Crippen molar-refractivity contribution in [2.45, 2.75) is 6.92 Å². The van der Waals surface area contributed by atoms with Crippen molar-refractivity contribution < 1.29 is 14.7 Å². The summed E-state index contributed by atoms with van der Waals surface area (Å²) < 4.78 is 0. The molecule has 1 aromatic carbocycles. The van der Waals surface area contributed by atoms with Gasteiger partial charge in [-0.1, -0.05) is 0 Å². The zero-order valence-electron chi connectivity index (χ0n) is 7.78. The molecule has 0 aliphatic heterocycles. The number of carbonyl (C=O) groups is 2. The first kappa shape index (κ1) is 10.4. The Kier molecular flexibility index (Phi) is 3.36. The topological polar surface area (TPSA) is 66.4 Å². The number of Topliss-reactive ketones (excluding diaryl/α,β-unsaturated/α-hetero) is 1. The van der Waals surface area contributed by atoms with Crippen molar-refractivity contribution in [1.82, 2.24) is 0 Å². The van der Waals surface area contributed by atoms with Crippen molar-refractivity contribution in [2.75, 3.05) is 11.9 Å². The van der Waals surface area contributed by atoms with Gasteiger partial charge in [0.05, 0.1) is 0 Å². The maximum absolute atomic E-state index is 10.9. The summed E-state index contributed by atoms with van der Waals surface area (Å²) in [6, 6.07) is 6.47. The quantitative estimate of drug-likeness (QED) is 0.698. The highest BCUT2D eigenvalue weighted by atomic mass is 16.3. The lowest BCUT2D eigenvalue weighted by Crippen LogP contribution is -2.15. The van der Waals surface area contributed by atoms with Crippen molar-refractivity contribution >= 4 is 17.4 Å². The van der Waals surface area contributed by atoms with E-state index in [4.69, 9.17) is 5.11 Å². The van der Waals surface area contributed by atoms with E-state index in [2.05, 4.69) is 5.32 Å². The second-order valence-electron chi connectivity index (χ2n) is 2.84. The second-order valence-corrected chi connectivity index (χ2v) is 2.84. The van der Waals surface area contributed by atoms with Gasteiger partial charge in [0.1, 0.15) is 6.61 Å². The van der Waals surface area contributed by atoms with E-state index in [0.717, 1.165) is 0 Å². The first-order valence-electron chi connectivity index (χ1n) is 4.15. The molecule has 74 valence electrons. The Hall–Kier alpha value is -1.68. The smallest absolute Gasteiger partial charge is 0.250 e. The number of ketones is 1. The number of nitrogens with one attached hydrogen (secondary N) is 1. The van der Waals surface area contributed by atoms with E-state index in [0.29, 0.717) is 11.3 Å². The van der Waals surface area contributed by atoms with Crippen molar-refractivity contribution in [3.8, 4) is 0 Å². The number of benzene rings is 1. The first-order valence-corrected chi connectivity index (χ1v) is 4.15. The van der Waals surface area contributed by atoms with Crippen molar-refractivity contribution in [3.63, 3.8) is 0 Å². The van der Waals surface area contributed by atoms with Gasteiger partial charge in [0, 0.05) is 11.3 Å². The molecule has 0 unspecified atom stereocenters. The molecule has 4 nitrogen and oxygen atoms in total. The van der Waals surface area contributed by atoms with Gasteiger partial charge in [0.25, 0.3) is 0 Å². The molecule has 0 spiro atoms. The Labute approximate surface area is 81.6 Å². The van der Waals surface area contributed by atoms with E-state index in [1.165, 1.54) is 6.92 Å². The minimum atomic E-state index is -0.547. The van der Waals surface area contributed by atoms with Gasteiger partial charge < -0.3 is 10.4 Å². The van der Waals surface area contributed by atoms with Gasteiger partial charge in [0.2, 0.25) is 5.91 Å². The summed E-state index contributed by atoms with van der Waals surface area (Å²) in [5.74, 6) is -0.495. The SMILES string of the molecule is CC(=O)c1ccc(NC(=O)CO)cc1. The van der Waals surface area contributed by atoms with Gasteiger partial charge in [-0.3, -0.25) is 9.59 Å². The van der Waals surface area contributed by atoms with Crippen molar-refractivity contribution in [1.29, 1.82) is 0 Å². The van der Waals surface area contributed by atoms with E-state index in [9.17, 15) is 9.59 Å². The summed E-state index contributed by atoms with van der Waals surface area (Å²) >= 11 is 0. The maximum Gasteiger partial charge on any atom is 0.250 e. The molecule has 0 radical (unpaired) electrons. The Balaban J connectivity index is 2.73. The van der Waals surface area contributed by atoms with Crippen LogP contribution in [0.5, 0.6) is 0 Å². The third-order valence-electron chi connectivity index (χ3n) is 1.72. The normalized spacial score (nSPS) is 9.57. The molecule has 0 heterocycles. The third kappa shape index (κ3) is 2.67. The van der Waals surface area contributed by atoms with E-state index in [1.54, 1.807) is 24.3 Å². The van der Waals surface area contributed by atoms with E-state index in [1.807, 2.05) is 0 Å². The Morgan fingerprint density at radius 2 is 1.86 bits per heavy atom. The summed E-state index contributed by atoms with van der Waals surface area (Å²) in [4.78, 5) is 21.7. The molecule has 14 heavy (non-hydrogen) atoms. The highest BCUT2D eigenvalue weighted by Crippen LogP contribution is 2.09. The number of amides is 1. The molecule has 4 heteroatoms. The van der Waals surface area contributed by atoms with Gasteiger partial charge in [-0.2, -0.15) is 0 Å².